The van der Waals surface area contributed by atoms with E-state index < -0.39 is 0 Å². The lowest BCUT2D eigenvalue weighted by Crippen LogP contribution is -2.28. The number of amides is 2. The number of hydrogen-bond donors (Lipinski definition) is 4. The van der Waals surface area contributed by atoms with Crippen molar-refractivity contribution in [3.05, 3.63) is 47.9 Å². The van der Waals surface area contributed by atoms with Crippen molar-refractivity contribution in [2.45, 2.75) is 30.8 Å². The van der Waals surface area contributed by atoms with E-state index in [1.807, 2.05) is 63.3 Å². The number of nitrogens with zero attached hydrogens (tertiary/aromatic N) is 4. The van der Waals surface area contributed by atoms with Gasteiger partial charge >= 0.3 is 6.03 Å². The number of rotatable bonds is 7. The molecule has 0 fully saturated rings. The molecular formula is C19H22N8OS. The van der Waals surface area contributed by atoms with E-state index in [0.717, 1.165) is 10.6 Å². The molecule has 150 valence electrons. The maximum absolute atomic E-state index is 11.6. The molecule has 10 heteroatoms. The van der Waals surface area contributed by atoms with Crippen molar-refractivity contribution in [3.8, 4) is 0 Å². The molecule has 0 aliphatic rings. The summed E-state index contributed by atoms with van der Waals surface area (Å²) in [6.07, 6.45) is 3.85. The maximum atomic E-state index is 11.6. The van der Waals surface area contributed by atoms with Crippen LogP contribution in [0.15, 0.2) is 46.5 Å². The maximum Gasteiger partial charge on any atom is 0.319 e. The molecule has 1 aromatic carbocycles. The number of allylic oxidation sites excluding steroid dienone is 1. The second kappa shape index (κ2) is 9.69. The summed E-state index contributed by atoms with van der Waals surface area (Å²) in [5.74, 6) is 1.65. The molecule has 9 nitrogen and oxygen atoms in total. The molecule has 0 radical (unpaired) electrons. The number of aromatic amines is 1. The molecule has 0 unspecified atom stereocenters. The van der Waals surface area contributed by atoms with Crippen LogP contribution < -0.4 is 16.0 Å². The summed E-state index contributed by atoms with van der Waals surface area (Å²) in [7, 11) is 0. The van der Waals surface area contributed by atoms with E-state index in [0.29, 0.717) is 35.0 Å². The topological polar surface area (TPSA) is 121 Å². The smallest absolute Gasteiger partial charge is 0.319 e. The van der Waals surface area contributed by atoms with E-state index in [1.54, 1.807) is 0 Å². The van der Waals surface area contributed by atoms with Crippen molar-refractivity contribution in [1.82, 2.24) is 30.5 Å². The molecule has 0 atom stereocenters. The van der Waals surface area contributed by atoms with E-state index in [-0.39, 0.29) is 6.03 Å². The molecule has 4 N–H and O–H groups in total. The van der Waals surface area contributed by atoms with Crippen LogP contribution in [0.2, 0.25) is 0 Å². The molecule has 3 aromatic rings. The lowest BCUT2D eigenvalue weighted by atomic mass is 10.3. The van der Waals surface area contributed by atoms with Crippen LogP contribution in [0.4, 0.5) is 22.2 Å². The van der Waals surface area contributed by atoms with Gasteiger partial charge in [0.05, 0.1) is 5.69 Å². The average Bonchev–Trinajstić information content (AvgIpc) is 3.10. The molecule has 0 bridgehead atoms. The zero-order chi connectivity index (χ0) is 20.6. The van der Waals surface area contributed by atoms with Crippen LogP contribution in [0.1, 0.15) is 25.4 Å². The first-order valence-electron chi connectivity index (χ1n) is 9.06. The zero-order valence-corrected chi connectivity index (χ0v) is 17.2. The first kappa shape index (κ1) is 20.3. The standard InChI is InChI=1S/C19H22N8OS/c1-4-6-14-11-16(27-26-14)24-17-21-12(3)22-19(25-17)29-15-9-7-13(8-10-15)23-18(28)20-5-2/h4,6-11H,5H2,1-3H3,(H2,20,23,28)(H2,21,22,24,25,26,27)/b6-4+. The van der Waals surface area contributed by atoms with Gasteiger partial charge in [-0.15, -0.1) is 0 Å². The Balaban J connectivity index is 1.68. The van der Waals surface area contributed by atoms with Gasteiger partial charge in [-0.1, -0.05) is 6.08 Å². The largest absolute Gasteiger partial charge is 0.338 e. The molecule has 3 rings (SSSR count). The third-order valence-electron chi connectivity index (χ3n) is 3.57. The van der Waals surface area contributed by atoms with Crippen molar-refractivity contribution in [3.63, 3.8) is 0 Å². The molecule has 0 aliphatic heterocycles. The SMILES string of the molecule is C/C=C/c1cc(Nc2nc(C)nc(Sc3ccc(NC(=O)NCC)cc3)n2)n[nH]1. The number of anilines is 3. The van der Waals surface area contributed by atoms with Crippen molar-refractivity contribution < 1.29 is 4.79 Å². The lowest BCUT2D eigenvalue weighted by Gasteiger charge is -2.07. The third kappa shape index (κ3) is 6.04. The number of carbonyl (C=O) groups excluding carboxylic acids is 1. The van der Waals surface area contributed by atoms with E-state index in [1.165, 1.54) is 11.8 Å². The van der Waals surface area contributed by atoms with Gasteiger partial charge in [0.15, 0.2) is 11.0 Å². The number of aromatic nitrogens is 5. The predicted molar refractivity (Wildman–Crippen MR) is 114 cm³/mol. The summed E-state index contributed by atoms with van der Waals surface area (Å²) in [5, 5.41) is 16.2. The van der Waals surface area contributed by atoms with Crippen molar-refractivity contribution >= 4 is 41.3 Å². The Labute approximate surface area is 172 Å². The summed E-state index contributed by atoms with van der Waals surface area (Å²) in [6.45, 7) is 6.19. The number of H-pyrrole nitrogens is 1. The van der Waals surface area contributed by atoms with Crippen molar-refractivity contribution in [2.24, 2.45) is 0 Å². The summed E-state index contributed by atoms with van der Waals surface area (Å²) in [4.78, 5) is 25.7. The Morgan fingerprint density at radius 3 is 2.72 bits per heavy atom. The van der Waals surface area contributed by atoms with Crippen molar-refractivity contribution in [1.29, 1.82) is 0 Å². The number of aryl methyl sites for hydroxylation is 1. The van der Waals surface area contributed by atoms with Gasteiger partial charge in [-0.25, -0.2) is 9.78 Å². The second-order valence-electron chi connectivity index (χ2n) is 5.93. The normalized spacial score (nSPS) is 10.9. The summed E-state index contributed by atoms with van der Waals surface area (Å²) < 4.78 is 0. The van der Waals surface area contributed by atoms with Gasteiger partial charge in [0, 0.05) is 23.2 Å². The predicted octanol–water partition coefficient (Wildman–Crippen LogP) is 3.97. The molecule has 2 heterocycles. The quantitative estimate of drug-likeness (QED) is 0.465. The number of hydrogen-bond acceptors (Lipinski definition) is 7. The Bertz CT molecular complexity index is 1000. The first-order chi connectivity index (χ1) is 14.1. The molecule has 0 aliphatic carbocycles. The van der Waals surface area contributed by atoms with Gasteiger partial charge in [0.25, 0.3) is 0 Å². The summed E-state index contributed by atoms with van der Waals surface area (Å²) >= 11 is 1.41. The second-order valence-corrected chi connectivity index (χ2v) is 6.97. The highest BCUT2D eigenvalue weighted by Gasteiger charge is 2.08. The van der Waals surface area contributed by atoms with Crippen LogP contribution in [0.25, 0.3) is 6.08 Å². The molecule has 2 amide bonds. The highest BCUT2D eigenvalue weighted by molar-refractivity contribution is 7.99. The minimum atomic E-state index is -0.229. The van der Waals surface area contributed by atoms with Crippen LogP contribution in [0.5, 0.6) is 0 Å². The van der Waals surface area contributed by atoms with Crippen LogP contribution in [-0.4, -0.2) is 37.7 Å². The average molecular weight is 411 g/mol. The summed E-state index contributed by atoms with van der Waals surface area (Å²) in [5.41, 5.74) is 1.60. The van der Waals surface area contributed by atoms with Gasteiger partial charge < -0.3 is 16.0 Å². The van der Waals surface area contributed by atoms with E-state index in [9.17, 15) is 4.79 Å². The highest BCUT2D eigenvalue weighted by Crippen LogP contribution is 2.27. The fourth-order valence-electron chi connectivity index (χ4n) is 2.39. The Hall–Kier alpha value is -3.40. The molecule has 0 saturated carbocycles. The Morgan fingerprint density at radius 2 is 2.00 bits per heavy atom. The number of urea groups is 1. The number of nitrogens with one attached hydrogen (secondary N) is 4. The molecule has 0 saturated heterocycles. The highest BCUT2D eigenvalue weighted by atomic mass is 32.2. The Kier molecular flexibility index (Phi) is 6.80. The van der Waals surface area contributed by atoms with Gasteiger partial charge in [-0.2, -0.15) is 15.1 Å². The number of carbonyl (C=O) groups is 1. The lowest BCUT2D eigenvalue weighted by molar-refractivity contribution is 0.252. The third-order valence-corrected chi connectivity index (χ3v) is 4.44. The Morgan fingerprint density at radius 1 is 1.21 bits per heavy atom. The van der Waals surface area contributed by atoms with Crippen molar-refractivity contribution in [2.75, 3.05) is 17.2 Å². The van der Waals surface area contributed by atoms with Gasteiger partial charge in [-0.3, -0.25) is 5.10 Å². The van der Waals surface area contributed by atoms with Crippen LogP contribution in [-0.2, 0) is 0 Å². The van der Waals surface area contributed by atoms with Crippen LogP contribution in [0, 0.1) is 6.92 Å². The van der Waals surface area contributed by atoms with Gasteiger partial charge in [0.2, 0.25) is 5.95 Å². The van der Waals surface area contributed by atoms with E-state index >= 15 is 0 Å². The minimum Gasteiger partial charge on any atom is -0.338 e. The van der Waals surface area contributed by atoms with Crippen LogP contribution in [0.3, 0.4) is 0 Å². The molecule has 2 aromatic heterocycles. The fraction of sp³-hybridized carbons (Fsp3) is 0.211. The van der Waals surface area contributed by atoms with E-state index in [2.05, 4.69) is 41.1 Å². The van der Waals surface area contributed by atoms with Crippen LogP contribution >= 0.6 is 11.8 Å². The minimum absolute atomic E-state index is 0.229. The first-order valence-corrected chi connectivity index (χ1v) is 9.88. The monoisotopic (exact) mass is 410 g/mol. The summed E-state index contributed by atoms with van der Waals surface area (Å²) in [6, 6.07) is 9.10. The molecular weight excluding hydrogens is 388 g/mol. The zero-order valence-electron chi connectivity index (χ0n) is 16.4. The fourth-order valence-corrected chi connectivity index (χ4v) is 3.18. The molecule has 29 heavy (non-hydrogen) atoms. The molecule has 0 spiro atoms. The van der Waals surface area contributed by atoms with Gasteiger partial charge in [-0.05, 0) is 62.9 Å². The number of benzene rings is 1. The van der Waals surface area contributed by atoms with E-state index in [4.69, 9.17) is 0 Å². The van der Waals surface area contributed by atoms with Gasteiger partial charge in [0.1, 0.15) is 5.82 Å².